The lowest BCUT2D eigenvalue weighted by Gasteiger charge is -2.09. The summed E-state index contributed by atoms with van der Waals surface area (Å²) in [5.41, 5.74) is 2.94. The molecule has 1 aliphatic rings. The Morgan fingerprint density at radius 2 is 1.73 bits per heavy atom. The van der Waals surface area contributed by atoms with Crippen molar-refractivity contribution in [3.8, 4) is 0 Å². The van der Waals surface area contributed by atoms with E-state index in [2.05, 4.69) is 5.32 Å². The van der Waals surface area contributed by atoms with E-state index in [0.717, 1.165) is 41.5 Å². The zero-order valence-corrected chi connectivity index (χ0v) is 16.9. The van der Waals surface area contributed by atoms with Gasteiger partial charge in [-0.05, 0) is 54.4 Å². The normalized spacial score (nSPS) is 14.0. The number of nitrogens with one attached hydrogen (secondary N) is 1. The van der Waals surface area contributed by atoms with Gasteiger partial charge in [-0.3, -0.25) is 0 Å². The standard InChI is InChI=1S/C17H15ClN2O2S.C2HF3O2/c18-14-4-6-15(7-5-14)23(21,22)20-11-13-8-9-19-10-12-2-1-3-16(20)17(12)13;3-2(4,5)1(6)7/h1-7,11,19H,8-10H2;(H,6,7). The van der Waals surface area contributed by atoms with Gasteiger partial charge in [-0.25, -0.2) is 17.2 Å². The summed E-state index contributed by atoms with van der Waals surface area (Å²) in [7, 11) is -3.63. The summed E-state index contributed by atoms with van der Waals surface area (Å²) in [5, 5.41) is 12.1. The fraction of sp³-hybridized carbons (Fsp3) is 0.211. The maximum Gasteiger partial charge on any atom is 0.490 e. The quantitative estimate of drug-likeness (QED) is 0.607. The number of hydrogen-bond acceptors (Lipinski definition) is 4. The maximum absolute atomic E-state index is 13.0. The van der Waals surface area contributed by atoms with Gasteiger partial charge in [0, 0.05) is 23.2 Å². The van der Waals surface area contributed by atoms with Crippen LogP contribution in [0.2, 0.25) is 5.02 Å². The molecule has 0 amide bonds. The Kier molecular flexibility index (Phi) is 6.11. The van der Waals surface area contributed by atoms with Crippen LogP contribution >= 0.6 is 11.6 Å². The molecule has 1 aliphatic heterocycles. The molecule has 0 saturated heterocycles. The van der Waals surface area contributed by atoms with E-state index in [-0.39, 0.29) is 4.90 Å². The molecule has 2 aromatic carbocycles. The van der Waals surface area contributed by atoms with Gasteiger partial charge in [0.25, 0.3) is 10.0 Å². The molecule has 4 rings (SSSR count). The molecule has 0 radical (unpaired) electrons. The van der Waals surface area contributed by atoms with Crippen LogP contribution in [-0.2, 0) is 27.8 Å². The Balaban J connectivity index is 0.000000318. The Labute approximate surface area is 174 Å². The molecule has 3 aromatic rings. The van der Waals surface area contributed by atoms with Crippen LogP contribution < -0.4 is 5.32 Å². The van der Waals surface area contributed by atoms with Gasteiger partial charge in [-0.15, -0.1) is 0 Å². The maximum atomic E-state index is 13.0. The molecule has 0 spiro atoms. The van der Waals surface area contributed by atoms with Crippen molar-refractivity contribution in [2.24, 2.45) is 0 Å². The van der Waals surface area contributed by atoms with Gasteiger partial charge >= 0.3 is 12.1 Å². The third kappa shape index (κ3) is 4.45. The number of benzene rings is 2. The second kappa shape index (κ2) is 8.29. The Morgan fingerprint density at radius 3 is 2.33 bits per heavy atom. The fourth-order valence-electron chi connectivity index (χ4n) is 3.12. The zero-order valence-electron chi connectivity index (χ0n) is 15.3. The van der Waals surface area contributed by atoms with Crippen molar-refractivity contribution >= 4 is 38.5 Å². The molecule has 30 heavy (non-hydrogen) atoms. The first-order valence-electron chi connectivity index (χ1n) is 8.65. The first-order chi connectivity index (χ1) is 14.0. The van der Waals surface area contributed by atoms with Crippen molar-refractivity contribution < 1.29 is 31.5 Å². The molecule has 2 heterocycles. The molecule has 6 nitrogen and oxygen atoms in total. The summed E-state index contributed by atoms with van der Waals surface area (Å²) in [5.74, 6) is -2.76. The SMILES string of the molecule is O=C(O)C(F)(F)F.O=S(=O)(c1ccc(Cl)cc1)n1cc2c3c(cccc31)CNCC2. The van der Waals surface area contributed by atoms with Crippen LogP contribution in [0.4, 0.5) is 13.2 Å². The van der Waals surface area contributed by atoms with Crippen LogP contribution in [0.1, 0.15) is 11.1 Å². The second-order valence-electron chi connectivity index (χ2n) is 6.45. The van der Waals surface area contributed by atoms with E-state index in [4.69, 9.17) is 21.5 Å². The van der Waals surface area contributed by atoms with E-state index in [1.165, 1.54) is 3.97 Å². The van der Waals surface area contributed by atoms with Gasteiger partial charge in [0.15, 0.2) is 0 Å². The van der Waals surface area contributed by atoms with Crippen molar-refractivity contribution in [1.82, 2.24) is 9.29 Å². The highest BCUT2D eigenvalue weighted by atomic mass is 35.5. The van der Waals surface area contributed by atoms with E-state index in [1.54, 1.807) is 30.5 Å². The van der Waals surface area contributed by atoms with E-state index in [9.17, 15) is 21.6 Å². The predicted molar refractivity (Wildman–Crippen MR) is 105 cm³/mol. The lowest BCUT2D eigenvalue weighted by molar-refractivity contribution is -0.192. The summed E-state index contributed by atoms with van der Waals surface area (Å²) in [6, 6.07) is 12.1. The molecule has 0 bridgehead atoms. The number of halogens is 4. The Bertz CT molecular complexity index is 1190. The number of rotatable bonds is 2. The predicted octanol–water partition coefficient (Wildman–Crippen LogP) is 3.81. The van der Waals surface area contributed by atoms with Crippen LogP contribution in [0.5, 0.6) is 0 Å². The molecule has 0 fully saturated rings. The summed E-state index contributed by atoms with van der Waals surface area (Å²) >= 11 is 5.87. The zero-order chi connectivity index (χ0) is 22.1. The topological polar surface area (TPSA) is 88.4 Å². The molecule has 2 N–H and O–H groups in total. The van der Waals surface area contributed by atoms with E-state index in [0.29, 0.717) is 5.02 Å². The number of carboxylic acids is 1. The number of nitrogens with zero attached hydrogens (tertiary/aromatic N) is 1. The van der Waals surface area contributed by atoms with Crippen LogP contribution in [0.25, 0.3) is 10.9 Å². The van der Waals surface area contributed by atoms with E-state index < -0.39 is 22.2 Å². The summed E-state index contributed by atoms with van der Waals surface area (Å²) in [4.78, 5) is 9.14. The number of alkyl halides is 3. The smallest absolute Gasteiger partial charge is 0.475 e. The van der Waals surface area contributed by atoms with Gasteiger partial charge in [0.2, 0.25) is 0 Å². The largest absolute Gasteiger partial charge is 0.490 e. The Morgan fingerprint density at radius 1 is 1.10 bits per heavy atom. The van der Waals surface area contributed by atoms with Gasteiger partial charge in [-0.2, -0.15) is 13.2 Å². The monoisotopic (exact) mass is 460 g/mol. The molecule has 160 valence electrons. The van der Waals surface area contributed by atoms with Gasteiger partial charge in [0.05, 0.1) is 10.4 Å². The molecule has 1 aromatic heterocycles. The number of hydrogen-bond donors (Lipinski definition) is 2. The lowest BCUT2D eigenvalue weighted by Crippen LogP contribution is -2.21. The number of aliphatic carboxylic acids is 1. The summed E-state index contributed by atoms with van der Waals surface area (Å²) < 4.78 is 59.2. The molecule has 0 unspecified atom stereocenters. The minimum atomic E-state index is -5.08. The minimum Gasteiger partial charge on any atom is -0.475 e. The first-order valence-corrected chi connectivity index (χ1v) is 10.5. The number of carboxylic acid groups (broad SMARTS) is 1. The van der Waals surface area contributed by atoms with Crippen LogP contribution in [0, 0.1) is 0 Å². The molecular weight excluding hydrogens is 445 g/mol. The second-order valence-corrected chi connectivity index (χ2v) is 8.70. The number of carbonyl (C=O) groups is 1. The highest BCUT2D eigenvalue weighted by Crippen LogP contribution is 2.30. The van der Waals surface area contributed by atoms with E-state index >= 15 is 0 Å². The van der Waals surface area contributed by atoms with Crippen molar-refractivity contribution in [2.45, 2.75) is 24.0 Å². The third-order valence-corrected chi connectivity index (χ3v) is 6.40. The highest BCUT2D eigenvalue weighted by molar-refractivity contribution is 7.90. The molecule has 0 aliphatic carbocycles. The van der Waals surface area contributed by atoms with Crippen LogP contribution in [0.15, 0.2) is 53.6 Å². The van der Waals surface area contributed by atoms with Gasteiger partial charge in [-0.1, -0.05) is 23.7 Å². The third-order valence-electron chi connectivity index (χ3n) is 4.46. The van der Waals surface area contributed by atoms with Gasteiger partial charge in [0.1, 0.15) is 0 Å². The Hall–Kier alpha value is -2.56. The van der Waals surface area contributed by atoms with Gasteiger partial charge < -0.3 is 10.4 Å². The first kappa shape index (κ1) is 22.1. The summed E-state index contributed by atoms with van der Waals surface area (Å²) in [6.07, 6.45) is -2.51. The van der Waals surface area contributed by atoms with Crippen molar-refractivity contribution in [1.29, 1.82) is 0 Å². The minimum absolute atomic E-state index is 0.242. The van der Waals surface area contributed by atoms with Crippen molar-refractivity contribution in [2.75, 3.05) is 6.54 Å². The lowest BCUT2D eigenvalue weighted by atomic mass is 10.1. The summed E-state index contributed by atoms with van der Waals surface area (Å²) in [6.45, 7) is 1.60. The highest BCUT2D eigenvalue weighted by Gasteiger charge is 2.38. The van der Waals surface area contributed by atoms with Crippen LogP contribution in [-0.4, -0.2) is 36.2 Å². The van der Waals surface area contributed by atoms with Crippen LogP contribution in [0.3, 0.4) is 0 Å². The average Bonchev–Trinajstić information content (AvgIpc) is 2.92. The average molecular weight is 461 g/mol. The van der Waals surface area contributed by atoms with Crippen molar-refractivity contribution in [3.05, 3.63) is 64.8 Å². The van der Waals surface area contributed by atoms with E-state index in [1.807, 2.05) is 18.2 Å². The van der Waals surface area contributed by atoms with Crippen molar-refractivity contribution in [3.63, 3.8) is 0 Å². The molecule has 0 saturated carbocycles. The fourth-order valence-corrected chi connectivity index (χ4v) is 4.63. The molecule has 0 atom stereocenters. The molecule has 11 heteroatoms. The molecular formula is C19H16ClF3N2O4S. The number of aromatic nitrogens is 1.